The maximum Gasteiger partial charge on any atom is 0.262 e. The molecule has 0 unspecified atom stereocenters. The molecule has 4 rings (SSSR count). The van der Waals surface area contributed by atoms with E-state index in [4.69, 9.17) is 15.2 Å². The molecule has 0 atom stereocenters. The number of nitrogens with two attached hydrogens (primary N) is 1. The maximum atomic E-state index is 12.9. The predicted octanol–water partition coefficient (Wildman–Crippen LogP) is 1.31. The third-order valence-corrected chi connectivity index (χ3v) is 5.13. The molecular weight excluding hydrogens is 416 g/mol. The second kappa shape index (κ2) is 8.61. The second-order valence-electron chi connectivity index (χ2n) is 7.55. The van der Waals surface area contributed by atoms with Crippen molar-refractivity contribution in [2.24, 2.45) is 13.0 Å². The van der Waals surface area contributed by atoms with E-state index in [2.05, 4.69) is 20.3 Å². The number of anilines is 2. The van der Waals surface area contributed by atoms with Crippen molar-refractivity contribution < 1.29 is 19.1 Å². The van der Waals surface area contributed by atoms with Crippen molar-refractivity contribution in [1.29, 1.82) is 0 Å². The fourth-order valence-electron chi connectivity index (χ4n) is 3.21. The number of nitrogens with one attached hydrogen (secondary N) is 1. The highest BCUT2D eigenvalue weighted by Gasteiger charge is 2.25. The van der Waals surface area contributed by atoms with E-state index < -0.39 is 11.5 Å². The van der Waals surface area contributed by atoms with Crippen LogP contribution in [0.1, 0.15) is 29.6 Å². The molecule has 11 heteroatoms. The van der Waals surface area contributed by atoms with Gasteiger partial charge in [-0.05, 0) is 30.9 Å². The zero-order chi connectivity index (χ0) is 22.8. The van der Waals surface area contributed by atoms with E-state index in [0.29, 0.717) is 12.3 Å². The summed E-state index contributed by atoms with van der Waals surface area (Å²) in [5, 5.41) is 2.84. The number of carbonyl (C=O) groups excluding carboxylic acids is 2. The number of rotatable bonds is 8. The Morgan fingerprint density at radius 1 is 1.25 bits per heavy atom. The number of aromatic nitrogens is 4. The van der Waals surface area contributed by atoms with Gasteiger partial charge < -0.3 is 15.2 Å². The first-order chi connectivity index (χ1) is 15.4. The molecule has 0 aliphatic heterocycles. The van der Waals surface area contributed by atoms with Crippen LogP contribution in [-0.2, 0) is 11.8 Å². The molecule has 1 aliphatic carbocycles. The molecule has 0 saturated heterocycles. The molecule has 3 N–H and O–H groups in total. The lowest BCUT2D eigenvalue weighted by atomic mass is 10.2. The minimum Gasteiger partial charge on any atom is -0.491 e. The van der Waals surface area contributed by atoms with Crippen LogP contribution in [0.25, 0.3) is 10.9 Å². The standard InChI is InChI=1S/C21H22N6O5/c1-27-19(30)14-5-6-15(32-10-13(28)7-11-3-4-11)17(31-2)16(14)25-21(27)26-18(29)12-8-23-20(22)24-9-12/h5-6,8-9,11H,3-4,7,10H2,1-2H3,(H2,22,23,24)(H,25,26,29). The number of fused-ring (bicyclic) bond motifs is 1. The van der Waals surface area contributed by atoms with E-state index in [1.807, 2.05) is 0 Å². The van der Waals surface area contributed by atoms with E-state index >= 15 is 0 Å². The highest BCUT2D eigenvalue weighted by Crippen LogP contribution is 2.35. The number of ketones is 1. The zero-order valence-electron chi connectivity index (χ0n) is 17.6. The second-order valence-corrected chi connectivity index (χ2v) is 7.55. The van der Waals surface area contributed by atoms with Gasteiger partial charge in [0.15, 0.2) is 17.3 Å². The zero-order valence-corrected chi connectivity index (χ0v) is 17.6. The number of hydrogen-bond donors (Lipinski definition) is 2. The average molecular weight is 438 g/mol. The summed E-state index contributed by atoms with van der Waals surface area (Å²) in [7, 11) is 2.90. The van der Waals surface area contributed by atoms with Gasteiger partial charge in [0.2, 0.25) is 11.9 Å². The van der Waals surface area contributed by atoms with Gasteiger partial charge in [0.05, 0.1) is 18.1 Å². The molecule has 2 aromatic heterocycles. The van der Waals surface area contributed by atoms with E-state index in [9.17, 15) is 14.4 Å². The summed E-state index contributed by atoms with van der Waals surface area (Å²) >= 11 is 0. The number of amides is 1. The molecule has 32 heavy (non-hydrogen) atoms. The van der Waals surface area contributed by atoms with Crippen LogP contribution in [0.3, 0.4) is 0 Å². The summed E-state index contributed by atoms with van der Waals surface area (Å²) in [6.07, 6.45) is 5.19. The lowest BCUT2D eigenvalue weighted by Gasteiger charge is -2.15. The summed E-state index contributed by atoms with van der Waals surface area (Å²) in [6.45, 7) is -0.0933. The van der Waals surface area contributed by atoms with E-state index in [1.54, 1.807) is 12.1 Å². The lowest BCUT2D eigenvalue weighted by molar-refractivity contribution is -0.121. The predicted molar refractivity (Wildman–Crippen MR) is 116 cm³/mol. The lowest BCUT2D eigenvalue weighted by Crippen LogP contribution is -2.25. The molecule has 1 aliphatic rings. The molecule has 0 spiro atoms. The largest absolute Gasteiger partial charge is 0.491 e. The molecule has 1 amide bonds. The highest BCUT2D eigenvalue weighted by molar-refractivity contribution is 6.03. The Hall–Kier alpha value is -4.02. The van der Waals surface area contributed by atoms with Gasteiger partial charge in [-0.1, -0.05) is 0 Å². The quantitative estimate of drug-likeness (QED) is 0.530. The summed E-state index contributed by atoms with van der Waals surface area (Å²) in [5.41, 5.74) is 5.39. The maximum absolute atomic E-state index is 12.9. The first-order valence-electron chi connectivity index (χ1n) is 9.98. The molecule has 1 fully saturated rings. The Labute approximate surface area is 182 Å². The number of nitrogens with zero attached hydrogens (tertiary/aromatic N) is 4. The first kappa shape index (κ1) is 21.2. The van der Waals surface area contributed by atoms with Crippen molar-refractivity contribution >= 4 is 34.5 Å². The van der Waals surface area contributed by atoms with Crippen molar-refractivity contribution in [3.63, 3.8) is 0 Å². The summed E-state index contributed by atoms with van der Waals surface area (Å²) in [6, 6.07) is 3.12. The summed E-state index contributed by atoms with van der Waals surface area (Å²) in [4.78, 5) is 49.4. The normalized spacial score (nSPS) is 13.1. The van der Waals surface area contributed by atoms with Gasteiger partial charge in [-0.2, -0.15) is 0 Å². The minimum atomic E-state index is -0.566. The Morgan fingerprint density at radius 3 is 2.62 bits per heavy atom. The van der Waals surface area contributed by atoms with Gasteiger partial charge in [0.25, 0.3) is 11.5 Å². The van der Waals surface area contributed by atoms with Crippen molar-refractivity contribution in [3.05, 3.63) is 40.4 Å². The number of nitrogen functional groups attached to an aromatic ring is 1. The van der Waals surface area contributed by atoms with Crippen LogP contribution in [0.4, 0.5) is 11.9 Å². The molecule has 0 radical (unpaired) electrons. The molecule has 11 nitrogen and oxygen atoms in total. The third-order valence-electron chi connectivity index (χ3n) is 5.13. The first-order valence-corrected chi connectivity index (χ1v) is 9.98. The van der Waals surface area contributed by atoms with Gasteiger partial charge in [-0.15, -0.1) is 0 Å². The van der Waals surface area contributed by atoms with E-state index in [0.717, 1.165) is 12.8 Å². The highest BCUT2D eigenvalue weighted by atomic mass is 16.5. The van der Waals surface area contributed by atoms with Gasteiger partial charge in [0, 0.05) is 25.9 Å². The molecule has 0 bridgehead atoms. The van der Waals surface area contributed by atoms with Gasteiger partial charge in [-0.3, -0.25) is 24.3 Å². The van der Waals surface area contributed by atoms with Crippen molar-refractivity contribution in [1.82, 2.24) is 19.5 Å². The Bertz CT molecular complexity index is 1250. The van der Waals surface area contributed by atoms with Gasteiger partial charge >= 0.3 is 0 Å². The monoisotopic (exact) mass is 438 g/mol. The van der Waals surface area contributed by atoms with E-state index in [-0.39, 0.29) is 52.3 Å². The van der Waals surface area contributed by atoms with Crippen molar-refractivity contribution in [2.45, 2.75) is 19.3 Å². The number of carbonyl (C=O) groups is 2. The van der Waals surface area contributed by atoms with Gasteiger partial charge in [-0.25, -0.2) is 15.0 Å². The fraction of sp³-hybridized carbons (Fsp3) is 0.333. The summed E-state index contributed by atoms with van der Waals surface area (Å²) < 4.78 is 12.3. The average Bonchev–Trinajstić information content (AvgIpc) is 3.59. The minimum absolute atomic E-state index is 0.00486. The Kier molecular flexibility index (Phi) is 5.71. The molecule has 166 valence electrons. The molecule has 3 aromatic rings. The van der Waals surface area contributed by atoms with Crippen LogP contribution < -0.4 is 26.1 Å². The fourth-order valence-corrected chi connectivity index (χ4v) is 3.21. The van der Waals surface area contributed by atoms with Crippen molar-refractivity contribution in [3.8, 4) is 11.5 Å². The Morgan fingerprint density at radius 2 is 1.97 bits per heavy atom. The number of ether oxygens (including phenoxy) is 2. The van der Waals surface area contributed by atoms with Crippen LogP contribution in [0, 0.1) is 5.92 Å². The van der Waals surface area contributed by atoms with Crippen LogP contribution in [-0.4, -0.2) is 44.9 Å². The molecule has 2 heterocycles. The molecule has 1 saturated carbocycles. The van der Waals surface area contributed by atoms with Gasteiger partial charge in [0.1, 0.15) is 12.1 Å². The SMILES string of the molecule is COc1c(OCC(=O)CC2CC2)ccc2c(=O)n(C)c(NC(=O)c3cnc(N)nc3)nc12. The smallest absolute Gasteiger partial charge is 0.262 e. The van der Waals surface area contributed by atoms with Crippen LogP contribution in [0.5, 0.6) is 11.5 Å². The molecular formula is C21H22N6O5. The number of benzene rings is 1. The number of methoxy groups -OCH3 is 1. The molecule has 1 aromatic carbocycles. The van der Waals surface area contributed by atoms with Crippen LogP contribution >= 0.6 is 0 Å². The third kappa shape index (κ3) is 4.36. The summed E-state index contributed by atoms with van der Waals surface area (Å²) in [5.74, 6) is 0.413. The van der Waals surface area contributed by atoms with E-state index in [1.165, 1.54) is 31.1 Å². The number of Topliss-reactive ketones (excluding diaryl/α,β-unsaturated/α-hetero) is 1. The van der Waals surface area contributed by atoms with Crippen LogP contribution in [0.2, 0.25) is 0 Å². The topological polar surface area (TPSA) is 151 Å². The van der Waals surface area contributed by atoms with Crippen molar-refractivity contribution in [2.75, 3.05) is 24.8 Å². The number of hydrogen-bond acceptors (Lipinski definition) is 9. The Balaban J connectivity index is 1.65. The van der Waals surface area contributed by atoms with Crippen LogP contribution in [0.15, 0.2) is 29.3 Å².